The van der Waals surface area contributed by atoms with Gasteiger partial charge in [0.1, 0.15) is 0 Å². The molecular weight excluding hydrogens is 260 g/mol. The van der Waals surface area contributed by atoms with Crippen LogP contribution in [0.25, 0.3) is 0 Å². The molecule has 0 aromatic carbocycles. The Bertz CT molecular complexity index is 76.1. The maximum absolute atomic E-state index is 9.50. The summed E-state index contributed by atoms with van der Waals surface area (Å²) in [6, 6.07) is 0. The van der Waals surface area contributed by atoms with Crippen LogP contribution in [0.4, 0.5) is 0 Å². The van der Waals surface area contributed by atoms with Crippen LogP contribution in [0.1, 0.15) is 6.92 Å². The summed E-state index contributed by atoms with van der Waals surface area (Å²) < 4.78 is 0. The molecule has 7 heavy (non-hydrogen) atoms. The van der Waals surface area contributed by atoms with Crippen LogP contribution >= 0.6 is 0 Å². The van der Waals surface area contributed by atoms with Crippen molar-refractivity contribution in [3.05, 3.63) is 18.6 Å². The van der Waals surface area contributed by atoms with Crippen molar-refractivity contribution in [2.45, 2.75) is 6.92 Å². The van der Waals surface area contributed by atoms with E-state index in [9.17, 15) is 4.79 Å². The number of hydrogen-bond acceptors (Lipinski definition) is 1. The number of hydrogen-bond donors (Lipinski definition) is 0. The fourth-order valence-corrected chi connectivity index (χ4v) is 0.0417. The molecule has 0 aliphatic rings. The molecule has 0 saturated heterocycles. The second-order valence-corrected chi connectivity index (χ2v) is 0.989. The van der Waals surface area contributed by atoms with Gasteiger partial charge in [0.05, 0.1) is 0 Å². The first-order chi connectivity index (χ1) is 2.81. The zero-order valence-corrected chi connectivity index (χ0v) is 7.03. The van der Waals surface area contributed by atoms with E-state index in [-0.39, 0.29) is 21.1 Å². The average Bonchev–Trinajstić information content (AvgIpc) is 1.65. The Labute approximate surface area is 58.1 Å². The predicted octanol–water partition coefficient (Wildman–Crippen LogP) is 0.874. The van der Waals surface area contributed by atoms with Crippen LogP contribution < -0.4 is 0 Å². The second kappa shape index (κ2) is 5.97. The zero-order valence-electron chi connectivity index (χ0n) is 4.10. The second-order valence-electron chi connectivity index (χ2n) is 0.989. The predicted molar refractivity (Wildman–Crippen MR) is 24.8 cm³/mol. The molecule has 1 nitrogen and oxygen atoms in total. The molecule has 0 saturated carbocycles. The molecule has 0 amide bonds. The Hall–Kier alpha value is -0.0317. The molecule has 0 fully saturated rings. The minimum absolute atomic E-state index is 0. The van der Waals surface area contributed by atoms with Crippen LogP contribution in [0.2, 0.25) is 0 Å². The van der Waals surface area contributed by atoms with E-state index >= 15 is 0 Å². The molecule has 0 aromatic heterocycles. The van der Waals surface area contributed by atoms with E-state index in [1.165, 1.54) is 6.08 Å². The van der Waals surface area contributed by atoms with Gasteiger partial charge in [0.2, 0.25) is 0 Å². The molecular formula is C5H6OW. The van der Waals surface area contributed by atoms with Gasteiger partial charge < -0.3 is 23.4 Å². The third-order valence-electron chi connectivity index (χ3n) is 0.467. The van der Waals surface area contributed by atoms with Gasteiger partial charge in [-0.15, -0.1) is 13.2 Å². The maximum atomic E-state index is 9.50. The van der Waals surface area contributed by atoms with Crippen molar-refractivity contribution < 1.29 is 25.9 Å². The molecule has 0 aliphatic heterocycles. The van der Waals surface area contributed by atoms with Crippen molar-refractivity contribution in [2.24, 2.45) is 0 Å². The Morgan fingerprint density at radius 1 is 1.86 bits per heavy atom. The third kappa shape index (κ3) is 5.97. The van der Waals surface area contributed by atoms with Gasteiger partial charge in [-0.3, -0.25) is 0 Å². The van der Waals surface area contributed by atoms with Crippen molar-refractivity contribution >= 4 is 6.29 Å². The van der Waals surface area contributed by atoms with Crippen LogP contribution in [0.15, 0.2) is 11.6 Å². The van der Waals surface area contributed by atoms with E-state index in [0.29, 0.717) is 5.57 Å². The summed E-state index contributed by atoms with van der Waals surface area (Å²) >= 11 is 0. The molecule has 0 unspecified atom stereocenters. The molecule has 0 aromatic rings. The number of allylic oxidation sites excluding steroid dienone is 2. The number of rotatable bonds is 1. The Balaban J connectivity index is 0. The van der Waals surface area contributed by atoms with Gasteiger partial charge in [0.25, 0.3) is 0 Å². The SMILES string of the molecule is [CH2-]/C=C(/C)[C-]=O.[W+2]. The van der Waals surface area contributed by atoms with Gasteiger partial charge in [0.15, 0.2) is 0 Å². The first-order valence-electron chi connectivity index (χ1n) is 1.65. The van der Waals surface area contributed by atoms with E-state index in [0.717, 1.165) is 0 Å². The van der Waals surface area contributed by atoms with Crippen molar-refractivity contribution in [2.75, 3.05) is 0 Å². The molecule has 0 bridgehead atoms. The molecule has 0 radical (unpaired) electrons. The smallest absolute Gasteiger partial charge is 0.440 e. The minimum atomic E-state index is 0. The van der Waals surface area contributed by atoms with Gasteiger partial charge in [-0.25, -0.2) is 0 Å². The normalized spacial score (nSPS) is 9.57. The molecule has 0 aliphatic carbocycles. The summed E-state index contributed by atoms with van der Waals surface area (Å²) in [6.07, 6.45) is 3.13. The van der Waals surface area contributed by atoms with Crippen LogP contribution in [-0.4, -0.2) is 6.29 Å². The van der Waals surface area contributed by atoms with Crippen LogP contribution in [-0.2, 0) is 25.9 Å². The quantitative estimate of drug-likeness (QED) is 0.508. The zero-order chi connectivity index (χ0) is 4.99. The first kappa shape index (κ1) is 10.1. The maximum Gasteiger partial charge on any atom is 2.00 e. The van der Waals surface area contributed by atoms with E-state index in [4.69, 9.17) is 0 Å². The van der Waals surface area contributed by atoms with Gasteiger partial charge in [-0.05, 0) is 0 Å². The van der Waals surface area contributed by atoms with Crippen LogP contribution in [0, 0.1) is 6.92 Å². The molecule has 0 spiro atoms. The fourth-order valence-electron chi connectivity index (χ4n) is 0.0417. The van der Waals surface area contributed by atoms with Crippen molar-refractivity contribution in [1.82, 2.24) is 0 Å². The standard InChI is InChI=1S/C5H6O.W/c1-3-5(2)4-6;/h3H,1H2,2H3;/q-2;+2/b5-3-;. The first-order valence-corrected chi connectivity index (χ1v) is 1.65. The van der Waals surface area contributed by atoms with E-state index < -0.39 is 0 Å². The van der Waals surface area contributed by atoms with Crippen molar-refractivity contribution in [1.29, 1.82) is 0 Å². The Morgan fingerprint density at radius 3 is 2.29 bits per heavy atom. The monoisotopic (exact) mass is 266 g/mol. The molecule has 0 rings (SSSR count). The Morgan fingerprint density at radius 2 is 2.29 bits per heavy atom. The summed E-state index contributed by atoms with van der Waals surface area (Å²) in [5.41, 5.74) is 0.551. The van der Waals surface area contributed by atoms with E-state index in [1.54, 1.807) is 13.2 Å². The summed E-state index contributed by atoms with van der Waals surface area (Å²) in [5, 5.41) is 0. The van der Waals surface area contributed by atoms with Crippen LogP contribution in [0.5, 0.6) is 0 Å². The van der Waals surface area contributed by atoms with Gasteiger partial charge >= 0.3 is 21.1 Å². The van der Waals surface area contributed by atoms with Gasteiger partial charge in [0, 0.05) is 0 Å². The largest absolute Gasteiger partial charge is 2.00 e. The molecule has 0 N–H and O–H groups in total. The summed E-state index contributed by atoms with van der Waals surface area (Å²) in [4.78, 5) is 9.50. The van der Waals surface area contributed by atoms with Gasteiger partial charge in [-0.2, -0.15) is 0 Å². The van der Waals surface area contributed by atoms with Crippen LogP contribution in [0.3, 0.4) is 0 Å². The topological polar surface area (TPSA) is 17.1 Å². The minimum Gasteiger partial charge on any atom is -0.440 e. The fraction of sp³-hybridized carbons (Fsp3) is 0.200. The molecule has 2 heteroatoms. The average molecular weight is 266 g/mol. The molecule has 0 heterocycles. The summed E-state index contributed by atoms with van der Waals surface area (Å²) in [5.74, 6) is 0. The summed E-state index contributed by atoms with van der Waals surface area (Å²) in [7, 11) is 0. The summed E-state index contributed by atoms with van der Waals surface area (Å²) in [6.45, 7) is 4.98. The Kier molecular flexibility index (Phi) is 8.57. The number of carbonyl (C=O) groups excluding carboxylic acids is 1. The van der Waals surface area contributed by atoms with Crippen molar-refractivity contribution in [3.63, 3.8) is 0 Å². The molecule has 0 atom stereocenters. The third-order valence-corrected chi connectivity index (χ3v) is 0.467. The van der Waals surface area contributed by atoms with E-state index in [2.05, 4.69) is 6.92 Å². The van der Waals surface area contributed by atoms with Crippen molar-refractivity contribution in [3.8, 4) is 0 Å². The van der Waals surface area contributed by atoms with E-state index in [1.807, 2.05) is 0 Å². The molecule has 38 valence electrons. The van der Waals surface area contributed by atoms with Gasteiger partial charge in [-0.1, -0.05) is 0 Å².